The van der Waals surface area contributed by atoms with Gasteiger partial charge in [0.1, 0.15) is 6.10 Å². The molecule has 2 nitrogen and oxygen atoms in total. The second kappa shape index (κ2) is 8.20. The minimum absolute atomic E-state index is 0.0250. The standard InChI is InChI=1S/C15H22O2S/c1-3-5-6-9-12(4-2)17-15(16)13-10-7-8-11-14(13)18/h7-8,10-12,18H,3-6,9H2,1-2H3. The highest BCUT2D eigenvalue weighted by Crippen LogP contribution is 2.17. The molecule has 0 radical (unpaired) electrons. The van der Waals surface area contributed by atoms with Crippen LogP contribution in [0.3, 0.4) is 0 Å². The molecule has 0 amide bonds. The molecule has 0 fully saturated rings. The van der Waals surface area contributed by atoms with Crippen LogP contribution in [0.25, 0.3) is 0 Å². The fraction of sp³-hybridized carbons (Fsp3) is 0.533. The molecule has 100 valence electrons. The Hall–Kier alpha value is -0.960. The van der Waals surface area contributed by atoms with E-state index in [4.69, 9.17) is 4.74 Å². The average molecular weight is 266 g/mol. The number of ether oxygens (including phenoxy) is 1. The van der Waals surface area contributed by atoms with Crippen LogP contribution in [0.4, 0.5) is 0 Å². The lowest BCUT2D eigenvalue weighted by molar-refractivity contribution is 0.0263. The van der Waals surface area contributed by atoms with Gasteiger partial charge in [0.05, 0.1) is 5.56 Å². The molecule has 0 N–H and O–H groups in total. The van der Waals surface area contributed by atoms with Gasteiger partial charge in [-0.3, -0.25) is 0 Å². The molecule has 1 rings (SSSR count). The minimum Gasteiger partial charge on any atom is -0.459 e. The molecule has 1 aromatic carbocycles. The van der Waals surface area contributed by atoms with Crippen molar-refractivity contribution in [2.75, 3.05) is 0 Å². The summed E-state index contributed by atoms with van der Waals surface area (Å²) < 4.78 is 5.53. The molecule has 0 saturated carbocycles. The molecule has 0 saturated heterocycles. The van der Waals surface area contributed by atoms with Crippen molar-refractivity contribution in [1.29, 1.82) is 0 Å². The van der Waals surface area contributed by atoms with Gasteiger partial charge in [0.15, 0.2) is 0 Å². The van der Waals surface area contributed by atoms with Gasteiger partial charge in [0.2, 0.25) is 0 Å². The minimum atomic E-state index is -0.260. The first-order chi connectivity index (χ1) is 8.69. The smallest absolute Gasteiger partial charge is 0.339 e. The lowest BCUT2D eigenvalue weighted by atomic mass is 10.1. The number of carbonyl (C=O) groups is 1. The maximum atomic E-state index is 12.0. The van der Waals surface area contributed by atoms with Crippen LogP contribution in [-0.4, -0.2) is 12.1 Å². The van der Waals surface area contributed by atoms with Crippen LogP contribution in [0.1, 0.15) is 56.3 Å². The van der Waals surface area contributed by atoms with Crippen LogP contribution in [0.2, 0.25) is 0 Å². The number of esters is 1. The molecule has 0 aliphatic rings. The van der Waals surface area contributed by atoms with Gasteiger partial charge >= 0.3 is 5.97 Å². The maximum Gasteiger partial charge on any atom is 0.339 e. The van der Waals surface area contributed by atoms with Crippen molar-refractivity contribution >= 4 is 18.6 Å². The molecule has 0 aliphatic carbocycles. The van der Waals surface area contributed by atoms with E-state index in [1.54, 1.807) is 12.1 Å². The third-order valence-corrected chi connectivity index (χ3v) is 3.37. The Bertz CT molecular complexity index is 377. The predicted molar refractivity (Wildman–Crippen MR) is 77.3 cm³/mol. The third-order valence-electron chi connectivity index (χ3n) is 2.98. The van der Waals surface area contributed by atoms with E-state index < -0.39 is 0 Å². The molecule has 3 heteroatoms. The summed E-state index contributed by atoms with van der Waals surface area (Å²) in [4.78, 5) is 12.7. The Morgan fingerprint density at radius 3 is 2.61 bits per heavy atom. The van der Waals surface area contributed by atoms with Crippen molar-refractivity contribution < 1.29 is 9.53 Å². The monoisotopic (exact) mass is 266 g/mol. The lowest BCUT2D eigenvalue weighted by Crippen LogP contribution is -2.18. The molecule has 1 unspecified atom stereocenters. The zero-order valence-corrected chi connectivity index (χ0v) is 12.1. The summed E-state index contributed by atoms with van der Waals surface area (Å²) >= 11 is 4.27. The Labute approximate surface area is 115 Å². The maximum absolute atomic E-state index is 12.0. The van der Waals surface area contributed by atoms with Crippen molar-refractivity contribution in [3.05, 3.63) is 29.8 Å². The molecular formula is C15H22O2S. The quantitative estimate of drug-likeness (QED) is 0.447. The van der Waals surface area contributed by atoms with Crippen molar-refractivity contribution in [2.24, 2.45) is 0 Å². The predicted octanol–water partition coefficient (Wildman–Crippen LogP) is 4.49. The number of benzene rings is 1. The van der Waals surface area contributed by atoms with Gasteiger partial charge in [-0.15, -0.1) is 12.6 Å². The largest absolute Gasteiger partial charge is 0.459 e. The van der Waals surface area contributed by atoms with E-state index in [9.17, 15) is 4.79 Å². The number of unbranched alkanes of at least 4 members (excludes halogenated alkanes) is 2. The Morgan fingerprint density at radius 2 is 2.00 bits per heavy atom. The Balaban J connectivity index is 2.54. The zero-order valence-electron chi connectivity index (χ0n) is 11.2. The summed E-state index contributed by atoms with van der Waals surface area (Å²) in [6, 6.07) is 7.24. The van der Waals surface area contributed by atoms with Gasteiger partial charge < -0.3 is 4.74 Å². The number of carbonyl (C=O) groups excluding carboxylic acids is 1. The first-order valence-electron chi connectivity index (χ1n) is 6.68. The molecule has 18 heavy (non-hydrogen) atoms. The van der Waals surface area contributed by atoms with Crippen LogP contribution < -0.4 is 0 Å². The first-order valence-corrected chi connectivity index (χ1v) is 7.12. The van der Waals surface area contributed by atoms with Gasteiger partial charge in [-0.2, -0.15) is 0 Å². The third kappa shape index (κ3) is 4.73. The summed E-state index contributed by atoms with van der Waals surface area (Å²) in [6.07, 6.45) is 5.33. The van der Waals surface area contributed by atoms with Crippen molar-refractivity contribution in [2.45, 2.75) is 57.0 Å². The highest BCUT2D eigenvalue weighted by molar-refractivity contribution is 7.80. The SMILES string of the molecule is CCCCCC(CC)OC(=O)c1ccccc1S. The molecule has 0 bridgehead atoms. The molecule has 0 aromatic heterocycles. The van der Waals surface area contributed by atoms with Crippen molar-refractivity contribution in [3.8, 4) is 0 Å². The van der Waals surface area contributed by atoms with Gasteiger partial charge in [0, 0.05) is 4.90 Å². The molecule has 0 heterocycles. The summed E-state index contributed by atoms with van der Waals surface area (Å²) in [5, 5.41) is 0. The van der Waals surface area contributed by atoms with E-state index in [2.05, 4.69) is 26.5 Å². The number of thiol groups is 1. The fourth-order valence-corrected chi connectivity index (χ4v) is 2.08. The van der Waals surface area contributed by atoms with Gasteiger partial charge in [-0.1, -0.05) is 38.8 Å². The van der Waals surface area contributed by atoms with Gasteiger partial charge in [0.25, 0.3) is 0 Å². The summed E-state index contributed by atoms with van der Waals surface area (Å²) in [5.41, 5.74) is 0.551. The topological polar surface area (TPSA) is 26.3 Å². The van der Waals surface area contributed by atoms with E-state index in [1.807, 2.05) is 12.1 Å². The highest BCUT2D eigenvalue weighted by Gasteiger charge is 2.15. The summed E-state index contributed by atoms with van der Waals surface area (Å²) in [5.74, 6) is -0.260. The molecular weight excluding hydrogens is 244 g/mol. The number of hydrogen-bond acceptors (Lipinski definition) is 3. The number of rotatable bonds is 7. The van der Waals surface area contributed by atoms with Crippen molar-refractivity contribution in [3.63, 3.8) is 0 Å². The Kier molecular flexibility index (Phi) is 6.88. The first kappa shape index (κ1) is 15.1. The van der Waals surface area contributed by atoms with E-state index in [0.717, 1.165) is 19.3 Å². The average Bonchev–Trinajstić information content (AvgIpc) is 2.38. The van der Waals surface area contributed by atoms with Crippen LogP contribution in [0.15, 0.2) is 29.2 Å². The second-order valence-corrected chi connectivity index (χ2v) is 4.93. The molecule has 1 aromatic rings. The Morgan fingerprint density at radius 1 is 1.28 bits per heavy atom. The van der Waals surface area contributed by atoms with Gasteiger partial charge in [-0.05, 0) is 31.4 Å². The van der Waals surface area contributed by atoms with Crippen LogP contribution in [-0.2, 0) is 4.74 Å². The number of hydrogen-bond donors (Lipinski definition) is 1. The van der Waals surface area contributed by atoms with E-state index in [1.165, 1.54) is 12.8 Å². The van der Waals surface area contributed by atoms with E-state index in [-0.39, 0.29) is 12.1 Å². The molecule has 0 aliphatic heterocycles. The normalized spacial score (nSPS) is 12.2. The van der Waals surface area contributed by atoms with Crippen LogP contribution in [0.5, 0.6) is 0 Å². The summed E-state index contributed by atoms with van der Waals surface area (Å²) in [7, 11) is 0. The summed E-state index contributed by atoms with van der Waals surface area (Å²) in [6.45, 7) is 4.22. The lowest BCUT2D eigenvalue weighted by Gasteiger charge is -2.16. The second-order valence-electron chi connectivity index (χ2n) is 4.45. The molecule has 1 atom stereocenters. The highest BCUT2D eigenvalue weighted by atomic mass is 32.1. The van der Waals surface area contributed by atoms with Gasteiger partial charge in [-0.25, -0.2) is 4.79 Å². The molecule has 0 spiro atoms. The zero-order chi connectivity index (χ0) is 13.4. The van der Waals surface area contributed by atoms with Crippen LogP contribution in [0, 0.1) is 0 Å². The van der Waals surface area contributed by atoms with E-state index in [0.29, 0.717) is 10.5 Å². The van der Waals surface area contributed by atoms with Crippen LogP contribution >= 0.6 is 12.6 Å². The fourth-order valence-electron chi connectivity index (χ4n) is 1.83. The van der Waals surface area contributed by atoms with Crippen molar-refractivity contribution in [1.82, 2.24) is 0 Å². The van der Waals surface area contributed by atoms with E-state index >= 15 is 0 Å².